The number of primary amides is 1. The molecule has 9 nitrogen and oxygen atoms in total. The average molecular weight is 381 g/mol. The predicted molar refractivity (Wildman–Crippen MR) is 109 cm³/mol. The van der Waals surface area contributed by atoms with Gasteiger partial charge in [0.1, 0.15) is 11.9 Å². The highest BCUT2D eigenvalue weighted by atomic mass is 16.2. The molecule has 0 saturated heterocycles. The third-order valence-electron chi connectivity index (χ3n) is 4.20. The van der Waals surface area contributed by atoms with Gasteiger partial charge in [-0.15, -0.1) is 0 Å². The second-order valence-electron chi connectivity index (χ2n) is 7.63. The molecule has 28 heavy (non-hydrogen) atoms. The normalized spacial score (nSPS) is 12.7. The van der Waals surface area contributed by atoms with Gasteiger partial charge < -0.3 is 21.4 Å². The van der Waals surface area contributed by atoms with Crippen molar-refractivity contribution in [3.8, 4) is 11.3 Å². The molecule has 3 aromatic heterocycles. The Labute approximate surface area is 161 Å². The summed E-state index contributed by atoms with van der Waals surface area (Å²) in [4.78, 5) is 37.3. The van der Waals surface area contributed by atoms with E-state index in [1.807, 2.05) is 20.8 Å². The van der Waals surface area contributed by atoms with E-state index >= 15 is 0 Å². The van der Waals surface area contributed by atoms with Crippen molar-refractivity contribution in [2.75, 3.05) is 11.1 Å². The van der Waals surface area contributed by atoms with Crippen molar-refractivity contribution >= 4 is 28.4 Å². The van der Waals surface area contributed by atoms with Crippen molar-refractivity contribution in [2.24, 2.45) is 5.73 Å². The van der Waals surface area contributed by atoms with E-state index in [0.29, 0.717) is 27.8 Å². The Balaban J connectivity index is 2.29. The van der Waals surface area contributed by atoms with Crippen molar-refractivity contribution in [3.05, 3.63) is 41.1 Å². The Kier molecular flexibility index (Phi) is 4.76. The summed E-state index contributed by atoms with van der Waals surface area (Å²) in [6, 6.07) is 2.76. The maximum Gasteiger partial charge on any atom is 0.262 e. The second kappa shape index (κ2) is 6.91. The molecule has 3 heterocycles. The van der Waals surface area contributed by atoms with Gasteiger partial charge in [0.05, 0.1) is 11.1 Å². The molecule has 0 bridgehead atoms. The number of rotatable bonds is 4. The van der Waals surface area contributed by atoms with Crippen molar-refractivity contribution in [1.82, 2.24) is 19.5 Å². The van der Waals surface area contributed by atoms with Crippen LogP contribution < -0.4 is 22.3 Å². The molecule has 0 fully saturated rings. The summed E-state index contributed by atoms with van der Waals surface area (Å²) < 4.78 is 1.31. The van der Waals surface area contributed by atoms with E-state index in [2.05, 4.69) is 20.3 Å². The van der Waals surface area contributed by atoms with Crippen LogP contribution in [0.2, 0.25) is 0 Å². The topological polar surface area (TPSA) is 142 Å². The van der Waals surface area contributed by atoms with Crippen LogP contribution in [0.4, 0.5) is 11.8 Å². The molecule has 0 aliphatic rings. The molecular weight excluding hydrogens is 358 g/mol. The van der Waals surface area contributed by atoms with E-state index in [1.165, 1.54) is 4.57 Å². The van der Waals surface area contributed by atoms with Crippen LogP contribution in [-0.2, 0) is 4.79 Å². The molecule has 1 amide bonds. The fraction of sp³-hybridized carbons (Fsp3) is 0.316. The largest absolute Gasteiger partial charge is 0.368 e. The summed E-state index contributed by atoms with van der Waals surface area (Å²) in [5.74, 6) is -0.0101. The van der Waals surface area contributed by atoms with Crippen LogP contribution in [0.3, 0.4) is 0 Å². The van der Waals surface area contributed by atoms with E-state index in [9.17, 15) is 9.59 Å². The minimum Gasteiger partial charge on any atom is -0.368 e. The fourth-order valence-corrected chi connectivity index (χ4v) is 2.78. The zero-order valence-corrected chi connectivity index (χ0v) is 16.2. The molecule has 0 saturated carbocycles. The summed E-state index contributed by atoms with van der Waals surface area (Å²) in [7, 11) is 0. The van der Waals surface area contributed by atoms with Gasteiger partial charge in [0.25, 0.3) is 5.56 Å². The maximum atomic E-state index is 13.1. The Bertz CT molecular complexity index is 1100. The number of nitrogens with zero attached hydrogens (tertiary/aromatic N) is 4. The van der Waals surface area contributed by atoms with Crippen molar-refractivity contribution < 1.29 is 4.79 Å². The highest BCUT2D eigenvalue weighted by molar-refractivity contribution is 5.94. The fourth-order valence-electron chi connectivity index (χ4n) is 2.78. The molecule has 1 unspecified atom stereocenters. The number of carbonyl (C=O) groups excluding carboxylic acids is 1. The first-order valence-corrected chi connectivity index (χ1v) is 8.78. The van der Waals surface area contributed by atoms with E-state index in [1.54, 1.807) is 37.6 Å². The predicted octanol–water partition coefficient (Wildman–Crippen LogP) is 1.69. The van der Waals surface area contributed by atoms with Gasteiger partial charge in [0.15, 0.2) is 0 Å². The van der Waals surface area contributed by atoms with Crippen molar-refractivity contribution in [2.45, 2.75) is 39.3 Å². The molecule has 0 aliphatic heterocycles. The van der Waals surface area contributed by atoms with Crippen LogP contribution in [0.1, 0.15) is 33.7 Å². The van der Waals surface area contributed by atoms with Gasteiger partial charge >= 0.3 is 0 Å². The van der Waals surface area contributed by atoms with Crippen molar-refractivity contribution in [1.29, 1.82) is 0 Å². The number of nitrogens with one attached hydrogen (secondary N) is 1. The van der Waals surface area contributed by atoms with E-state index in [4.69, 9.17) is 11.5 Å². The van der Waals surface area contributed by atoms with Gasteiger partial charge in [-0.1, -0.05) is 0 Å². The summed E-state index contributed by atoms with van der Waals surface area (Å²) in [6.45, 7) is 7.48. The minimum absolute atomic E-state index is 0.168. The van der Waals surface area contributed by atoms with E-state index in [-0.39, 0.29) is 17.0 Å². The number of hydrogen-bond acceptors (Lipinski definition) is 7. The van der Waals surface area contributed by atoms with Gasteiger partial charge in [-0.2, -0.15) is 0 Å². The molecular formula is C19H23N7O2. The van der Waals surface area contributed by atoms with Gasteiger partial charge in [0, 0.05) is 29.7 Å². The second-order valence-corrected chi connectivity index (χ2v) is 7.63. The molecule has 0 aliphatic carbocycles. The number of nitrogens with two attached hydrogens (primary N) is 2. The van der Waals surface area contributed by atoms with Crippen LogP contribution in [0, 0.1) is 0 Å². The molecule has 0 radical (unpaired) electrons. The molecule has 3 aromatic rings. The average Bonchev–Trinajstić information content (AvgIpc) is 2.60. The number of fused-ring (bicyclic) bond motifs is 1. The number of nitrogen functional groups attached to an aromatic ring is 1. The van der Waals surface area contributed by atoms with Crippen molar-refractivity contribution in [3.63, 3.8) is 0 Å². The van der Waals surface area contributed by atoms with Gasteiger partial charge in [0.2, 0.25) is 11.9 Å². The van der Waals surface area contributed by atoms with Gasteiger partial charge in [-0.05, 0) is 45.2 Å². The molecule has 1 atom stereocenters. The molecule has 5 N–H and O–H groups in total. The summed E-state index contributed by atoms with van der Waals surface area (Å²) >= 11 is 0. The highest BCUT2D eigenvalue weighted by Gasteiger charge is 2.20. The zero-order valence-electron chi connectivity index (χ0n) is 16.2. The summed E-state index contributed by atoms with van der Waals surface area (Å²) in [5.41, 5.74) is 11.5. The molecule has 9 heteroatoms. The lowest BCUT2D eigenvalue weighted by atomic mass is 10.1. The lowest BCUT2D eigenvalue weighted by molar-refractivity contribution is -0.120. The highest BCUT2D eigenvalue weighted by Crippen LogP contribution is 2.27. The molecule has 0 aromatic carbocycles. The maximum absolute atomic E-state index is 13.1. The number of hydrogen-bond donors (Lipinski definition) is 3. The van der Waals surface area contributed by atoms with E-state index < -0.39 is 11.9 Å². The first-order chi connectivity index (χ1) is 13.1. The summed E-state index contributed by atoms with van der Waals surface area (Å²) in [6.07, 6.45) is 4.71. The number of carbonyl (C=O) groups is 1. The summed E-state index contributed by atoms with van der Waals surface area (Å²) in [5, 5.41) is 4.33. The Hall–Kier alpha value is -3.49. The lowest BCUT2D eigenvalue weighted by Crippen LogP contribution is -2.33. The molecule has 0 spiro atoms. The smallest absolute Gasteiger partial charge is 0.262 e. The number of aromatic nitrogens is 4. The Morgan fingerprint density at radius 1 is 1.25 bits per heavy atom. The van der Waals surface area contributed by atoms with Crippen LogP contribution in [0.5, 0.6) is 0 Å². The Morgan fingerprint density at radius 2 is 1.89 bits per heavy atom. The first-order valence-electron chi connectivity index (χ1n) is 8.78. The van der Waals surface area contributed by atoms with Crippen LogP contribution >= 0.6 is 0 Å². The SMILES string of the molecule is CC(C(N)=O)n1ccc2cc(-c3cnc(N)nc3)nc(NC(C)(C)C)c2c1=O. The number of amides is 1. The minimum atomic E-state index is -0.774. The zero-order chi connectivity index (χ0) is 20.6. The van der Waals surface area contributed by atoms with Gasteiger partial charge in [-0.25, -0.2) is 15.0 Å². The number of pyridine rings is 2. The number of anilines is 2. The monoisotopic (exact) mass is 381 g/mol. The quantitative estimate of drug-likeness (QED) is 0.624. The first kappa shape index (κ1) is 19.3. The van der Waals surface area contributed by atoms with Gasteiger partial charge in [-0.3, -0.25) is 9.59 Å². The molecule has 146 valence electrons. The third kappa shape index (κ3) is 3.78. The lowest BCUT2D eigenvalue weighted by Gasteiger charge is -2.23. The van der Waals surface area contributed by atoms with Crippen LogP contribution in [0.15, 0.2) is 35.5 Å². The molecule has 3 rings (SSSR count). The standard InChI is InChI=1S/C19H23N7O2/c1-10(15(20)27)26-6-5-11-7-13(12-8-22-18(21)23-9-12)24-16(14(11)17(26)28)25-19(2,3)4/h5-10H,1-4H3,(H2,20,27)(H,24,25)(H2,21,22,23). The van der Waals surface area contributed by atoms with Crippen LogP contribution in [-0.4, -0.2) is 31.0 Å². The van der Waals surface area contributed by atoms with E-state index in [0.717, 1.165) is 0 Å². The van der Waals surface area contributed by atoms with Crippen LogP contribution in [0.25, 0.3) is 22.0 Å². The third-order valence-corrected chi connectivity index (χ3v) is 4.20. The Morgan fingerprint density at radius 3 is 2.46 bits per heavy atom.